The van der Waals surface area contributed by atoms with Crippen molar-refractivity contribution in [3.8, 4) is 0 Å². The number of carboxylic acids is 1. The molecule has 0 bridgehead atoms. The van der Waals surface area contributed by atoms with Crippen LogP contribution in [0.15, 0.2) is 0 Å². The van der Waals surface area contributed by atoms with Crippen LogP contribution in [-0.4, -0.2) is 58.6 Å². The van der Waals surface area contributed by atoms with Crippen LogP contribution >= 0.6 is 0 Å². The highest BCUT2D eigenvalue weighted by atomic mass is 16.4. The van der Waals surface area contributed by atoms with Gasteiger partial charge in [0.25, 0.3) is 0 Å². The van der Waals surface area contributed by atoms with E-state index in [4.69, 9.17) is 10.2 Å². The molecule has 1 heterocycles. The summed E-state index contributed by atoms with van der Waals surface area (Å²) < 4.78 is 0. The van der Waals surface area contributed by atoms with Crippen molar-refractivity contribution in [1.29, 1.82) is 0 Å². The Balaban J connectivity index is 2.45. The highest BCUT2D eigenvalue weighted by Gasteiger charge is 2.28. The van der Waals surface area contributed by atoms with Gasteiger partial charge in [-0.1, -0.05) is 0 Å². The number of nitrogens with one attached hydrogen (secondary N) is 1. The number of carboxylic acid groups (broad SMARTS) is 1. The third kappa shape index (κ3) is 3.69. The maximum absolute atomic E-state index is 11.8. The molecular weight excluding hydrogens is 240 g/mol. The molecule has 18 heavy (non-hydrogen) atoms. The van der Waals surface area contributed by atoms with E-state index in [1.165, 1.54) is 6.92 Å². The van der Waals surface area contributed by atoms with Crippen molar-refractivity contribution in [2.45, 2.75) is 25.8 Å². The van der Waals surface area contributed by atoms with Crippen LogP contribution in [0.4, 0.5) is 0 Å². The molecule has 1 fully saturated rings. The molecule has 0 spiro atoms. The van der Waals surface area contributed by atoms with Crippen LogP contribution < -0.4 is 5.32 Å². The van der Waals surface area contributed by atoms with E-state index in [2.05, 4.69) is 5.32 Å². The fourth-order valence-electron chi connectivity index (χ4n) is 1.93. The SMILES string of the molecule is CC(=O)N1CCC(C(=O)NC(CO)C(=O)O)CC1. The molecule has 0 saturated carbocycles. The van der Waals surface area contributed by atoms with Gasteiger partial charge in [-0.25, -0.2) is 4.79 Å². The van der Waals surface area contributed by atoms with Crippen molar-refractivity contribution >= 4 is 17.8 Å². The van der Waals surface area contributed by atoms with E-state index < -0.39 is 18.6 Å². The predicted octanol–water partition coefficient (Wildman–Crippen LogP) is -1.19. The van der Waals surface area contributed by atoms with Crippen molar-refractivity contribution in [1.82, 2.24) is 10.2 Å². The molecule has 1 atom stereocenters. The smallest absolute Gasteiger partial charge is 0.328 e. The van der Waals surface area contributed by atoms with E-state index in [0.717, 1.165) is 0 Å². The van der Waals surface area contributed by atoms with Crippen molar-refractivity contribution in [2.75, 3.05) is 19.7 Å². The molecule has 1 saturated heterocycles. The second kappa shape index (κ2) is 6.34. The largest absolute Gasteiger partial charge is 0.480 e. The van der Waals surface area contributed by atoms with Crippen LogP contribution in [0.5, 0.6) is 0 Å². The Labute approximate surface area is 105 Å². The van der Waals surface area contributed by atoms with E-state index in [1.807, 2.05) is 0 Å². The summed E-state index contributed by atoms with van der Waals surface area (Å²) in [6.45, 7) is 1.86. The van der Waals surface area contributed by atoms with Gasteiger partial charge in [-0.05, 0) is 12.8 Å². The average molecular weight is 258 g/mol. The maximum atomic E-state index is 11.8. The number of hydrogen-bond donors (Lipinski definition) is 3. The van der Waals surface area contributed by atoms with Crippen molar-refractivity contribution in [3.63, 3.8) is 0 Å². The Morgan fingerprint density at radius 2 is 1.89 bits per heavy atom. The van der Waals surface area contributed by atoms with E-state index in [0.29, 0.717) is 25.9 Å². The second-order valence-corrected chi connectivity index (χ2v) is 4.36. The molecule has 1 aliphatic heterocycles. The monoisotopic (exact) mass is 258 g/mol. The van der Waals surface area contributed by atoms with Gasteiger partial charge in [-0.3, -0.25) is 9.59 Å². The number of nitrogens with zero attached hydrogens (tertiary/aromatic N) is 1. The minimum absolute atomic E-state index is 0.0207. The number of aliphatic hydroxyl groups excluding tert-OH is 1. The molecule has 1 rings (SSSR count). The molecule has 1 unspecified atom stereocenters. The molecule has 1 aliphatic rings. The second-order valence-electron chi connectivity index (χ2n) is 4.36. The molecule has 0 aromatic carbocycles. The first kappa shape index (κ1) is 14.4. The first-order valence-corrected chi connectivity index (χ1v) is 5.85. The Kier molecular flexibility index (Phi) is 5.08. The van der Waals surface area contributed by atoms with Crippen LogP contribution in [0.2, 0.25) is 0 Å². The Bertz CT molecular complexity index is 336. The van der Waals surface area contributed by atoms with Gasteiger partial charge < -0.3 is 20.4 Å². The predicted molar refractivity (Wildman–Crippen MR) is 61.6 cm³/mol. The van der Waals surface area contributed by atoms with E-state index in [1.54, 1.807) is 4.90 Å². The number of piperidine rings is 1. The number of likely N-dealkylation sites (tertiary alicyclic amines) is 1. The van der Waals surface area contributed by atoms with Crippen molar-refractivity contribution in [2.24, 2.45) is 5.92 Å². The summed E-state index contributed by atoms with van der Waals surface area (Å²) in [5, 5.41) is 19.8. The zero-order valence-corrected chi connectivity index (χ0v) is 10.3. The van der Waals surface area contributed by atoms with E-state index >= 15 is 0 Å². The third-order valence-corrected chi connectivity index (χ3v) is 3.11. The highest BCUT2D eigenvalue weighted by molar-refractivity contribution is 5.85. The number of rotatable bonds is 4. The minimum atomic E-state index is -1.26. The normalized spacial score (nSPS) is 18.2. The van der Waals surface area contributed by atoms with Crippen molar-refractivity contribution < 1.29 is 24.6 Å². The number of aliphatic carboxylic acids is 1. The van der Waals surface area contributed by atoms with Crippen LogP contribution in [0, 0.1) is 5.92 Å². The van der Waals surface area contributed by atoms with Gasteiger partial charge in [0, 0.05) is 25.9 Å². The molecule has 7 nitrogen and oxygen atoms in total. The van der Waals surface area contributed by atoms with E-state index in [-0.39, 0.29) is 17.7 Å². The van der Waals surface area contributed by atoms with Crippen LogP contribution in [0.25, 0.3) is 0 Å². The number of amides is 2. The van der Waals surface area contributed by atoms with Gasteiger partial charge >= 0.3 is 5.97 Å². The summed E-state index contributed by atoms with van der Waals surface area (Å²) >= 11 is 0. The topological polar surface area (TPSA) is 107 Å². The lowest BCUT2D eigenvalue weighted by Gasteiger charge is -2.31. The molecule has 3 N–H and O–H groups in total. The zero-order chi connectivity index (χ0) is 13.7. The average Bonchev–Trinajstić information content (AvgIpc) is 2.35. The maximum Gasteiger partial charge on any atom is 0.328 e. The summed E-state index contributed by atoms with van der Waals surface area (Å²) in [5.74, 6) is -1.95. The Morgan fingerprint density at radius 3 is 2.28 bits per heavy atom. The van der Waals surface area contributed by atoms with Gasteiger partial charge in [0.15, 0.2) is 0 Å². The molecule has 102 valence electrons. The molecule has 7 heteroatoms. The number of carbonyl (C=O) groups is 3. The summed E-state index contributed by atoms with van der Waals surface area (Å²) in [7, 11) is 0. The first-order valence-electron chi connectivity index (χ1n) is 5.85. The Morgan fingerprint density at radius 1 is 1.33 bits per heavy atom. The highest BCUT2D eigenvalue weighted by Crippen LogP contribution is 2.17. The standard InChI is InChI=1S/C11H18N2O5/c1-7(15)13-4-2-8(3-5-13)10(16)12-9(6-14)11(17)18/h8-9,14H,2-6H2,1H3,(H,12,16)(H,17,18). The lowest BCUT2D eigenvalue weighted by Crippen LogP contribution is -2.48. The summed E-state index contributed by atoms with van der Waals surface area (Å²) in [4.78, 5) is 35.2. The molecule has 0 radical (unpaired) electrons. The van der Waals surface area contributed by atoms with Crippen LogP contribution in [0.1, 0.15) is 19.8 Å². The minimum Gasteiger partial charge on any atom is -0.480 e. The molecule has 0 aromatic heterocycles. The lowest BCUT2D eigenvalue weighted by molar-refractivity contribution is -0.144. The summed E-state index contributed by atoms with van der Waals surface area (Å²) in [5.41, 5.74) is 0. The fourth-order valence-corrected chi connectivity index (χ4v) is 1.93. The molecular formula is C11H18N2O5. The van der Waals surface area contributed by atoms with Gasteiger partial charge in [0.2, 0.25) is 11.8 Å². The number of carbonyl (C=O) groups excluding carboxylic acids is 2. The third-order valence-electron chi connectivity index (χ3n) is 3.11. The van der Waals surface area contributed by atoms with Crippen LogP contribution in [-0.2, 0) is 14.4 Å². The van der Waals surface area contributed by atoms with Gasteiger partial charge in [0.05, 0.1) is 6.61 Å². The van der Waals surface area contributed by atoms with Gasteiger partial charge in [0.1, 0.15) is 6.04 Å². The summed E-state index contributed by atoms with van der Waals surface area (Å²) in [6, 6.07) is -1.26. The number of aliphatic hydroxyl groups is 1. The molecule has 0 aromatic rings. The Hall–Kier alpha value is -1.63. The lowest BCUT2D eigenvalue weighted by atomic mass is 9.95. The first-order chi connectivity index (χ1) is 8.45. The van der Waals surface area contributed by atoms with Gasteiger partial charge in [-0.15, -0.1) is 0 Å². The zero-order valence-electron chi connectivity index (χ0n) is 10.3. The van der Waals surface area contributed by atoms with E-state index in [9.17, 15) is 14.4 Å². The van der Waals surface area contributed by atoms with Gasteiger partial charge in [-0.2, -0.15) is 0 Å². The molecule has 2 amide bonds. The quantitative estimate of drug-likeness (QED) is 0.587. The van der Waals surface area contributed by atoms with Crippen molar-refractivity contribution in [3.05, 3.63) is 0 Å². The number of hydrogen-bond acceptors (Lipinski definition) is 4. The molecule has 0 aliphatic carbocycles. The van der Waals surface area contributed by atoms with Crippen LogP contribution in [0.3, 0.4) is 0 Å². The fraction of sp³-hybridized carbons (Fsp3) is 0.727. The summed E-state index contributed by atoms with van der Waals surface area (Å²) in [6.07, 6.45) is 1.03.